The molecule has 6 nitrogen and oxygen atoms in total. The Labute approximate surface area is 161 Å². The number of non-ortho nitro benzene ring substituents is 1. The lowest BCUT2D eigenvalue weighted by molar-refractivity contribution is -0.384. The van der Waals surface area contributed by atoms with Crippen LogP contribution in [0.25, 0.3) is 0 Å². The molecule has 0 aliphatic rings. The highest BCUT2D eigenvalue weighted by Gasteiger charge is 2.20. The molecule has 1 unspecified atom stereocenters. The molecule has 0 aliphatic carbocycles. The molecule has 0 bridgehead atoms. The second-order valence-corrected chi connectivity index (χ2v) is 7.25. The molecule has 0 saturated carbocycles. The summed E-state index contributed by atoms with van der Waals surface area (Å²) in [6.45, 7) is 0.250. The molecule has 0 aromatic heterocycles. The number of carbonyl (C=O) groups excluding carboxylic acids is 1. The number of ether oxygens (including phenoxy) is 2. The topological polar surface area (TPSA) is 78.7 Å². The summed E-state index contributed by atoms with van der Waals surface area (Å²) in [5.74, 6) is 0.915. The van der Waals surface area contributed by atoms with E-state index >= 15 is 0 Å². The molecule has 0 heterocycles. The van der Waals surface area contributed by atoms with Crippen molar-refractivity contribution in [3.8, 4) is 5.75 Å². The highest BCUT2D eigenvalue weighted by molar-refractivity contribution is 7.96. The van der Waals surface area contributed by atoms with Gasteiger partial charge in [0, 0.05) is 23.0 Å². The van der Waals surface area contributed by atoms with Crippen molar-refractivity contribution in [2.75, 3.05) is 18.6 Å². The molecule has 0 aliphatic heterocycles. The van der Waals surface area contributed by atoms with Crippen molar-refractivity contribution in [1.29, 1.82) is 0 Å². The van der Waals surface area contributed by atoms with E-state index in [1.54, 1.807) is 0 Å². The quantitative estimate of drug-likeness (QED) is 0.128. The Hall–Kier alpha value is -2.76. The highest BCUT2D eigenvalue weighted by atomic mass is 32.2. The number of nitro groups is 1. The third-order valence-corrected chi connectivity index (χ3v) is 4.86. The first kappa shape index (κ1) is 23.3. The average molecular weight is 421 g/mol. The predicted molar refractivity (Wildman–Crippen MR) is 98.1 cm³/mol. The van der Waals surface area contributed by atoms with E-state index < -0.39 is 18.3 Å². The van der Waals surface area contributed by atoms with Gasteiger partial charge in [-0.1, -0.05) is 18.2 Å². The molecule has 0 saturated heterocycles. The van der Waals surface area contributed by atoms with Crippen molar-refractivity contribution in [3.63, 3.8) is 0 Å². The minimum atomic E-state index is -6.00. The van der Waals surface area contributed by atoms with E-state index in [0.717, 1.165) is 0 Å². The molecule has 1 atom stereocenters. The van der Waals surface area contributed by atoms with Gasteiger partial charge in [-0.15, -0.1) is 0 Å². The average Bonchev–Trinajstić information content (AvgIpc) is 2.61. The van der Waals surface area contributed by atoms with Gasteiger partial charge in [0.2, 0.25) is 0 Å². The maximum atomic E-state index is 11.6. The van der Waals surface area contributed by atoms with Gasteiger partial charge in [0.1, 0.15) is 24.4 Å². The van der Waals surface area contributed by atoms with E-state index in [1.165, 1.54) is 29.2 Å². The molecule has 0 amide bonds. The lowest BCUT2D eigenvalue weighted by Crippen LogP contribution is -2.17. The Balaban J connectivity index is 0.000000696. The van der Waals surface area contributed by atoms with Crippen LogP contribution in [0, 0.1) is 10.1 Å². The van der Waals surface area contributed by atoms with E-state index in [0.29, 0.717) is 5.75 Å². The number of hydrogen-bond donors (Lipinski definition) is 0. The van der Waals surface area contributed by atoms with Crippen molar-refractivity contribution in [3.05, 3.63) is 64.7 Å². The second-order valence-electron chi connectivity index (χ2n) is 5.10. The Morgan fingerprint density at radius 3 is 2.11 bits per heavy atom. The highest BCUT2D eigenvalue weighted by Crippen LogP contribution is 2.17. The number of hydrogen-bond acceptors (Lipinski definition) is 5. The van der Waals surface area contributed by atoms with E-state index in [2.05, 4.69) is 6.26 Å². The number of rotatable bonds is 6. The van der Waals surface area contributed by atoms with Crippen LogP contribution in [0.15, 0.2) is 59.5 Å². The van der Waals surface area contributed by atoms with Crippen LogP contribution in [-0.4, -0.2) is 36.9 Å². The smallest absolute Gasteiger partial charge is 0.429 e. The zero-order valence-corrected chi connectivity index (χ0v) is 15.4. The van der Waals surface area contributed by atoms with Gasteiger partial charge in [-0.25, -0.2) is 4.79 Å². The van der Waals surface area contributed by atoms with Crippen LogP contribution in [0.2, 0.25) is 0 Å². The summed E-state index contributed by atoms with van der Waals surface area (Å²) in [5.41, 5.74) is -0.0661. The van der Waals surface area contributed by atoms with Gasteiger partial charge >= 0.3 is 13.4 Å². The molecule has 152 valence electrons. The number of carbonyl (C=O) groups is 1. The summed E-state index contributed by atoms with van der Waals surface area (Å²) < 4.78 is 49.0. The number of nitrogens with zero attached hydrogens (tertiary/aromatic N) is 1. The van der Waals surface area contributed by atoms with E-state index in [4.69, 9.17) is 9.47 Å². The van der Waals surface area contributed by atoms with Crippen LogP contribution in [0.5, 0.6) is 5.75 Å². The zero-order chi connectivity index (χ0) is 21.2. The van der Waals surface area contributed by atoms with Crippen LogP contribution >= 0.6 is 0 Å². The van der Waals surface area contributed by atoms with Crippen LogP contribution in [0.1, 0.15) is 0 Å². The fraction of sp³-hybridized carbons (Fsp3) is 0.188. The third-order valence-electron chi connectivity index (χ3n) is 3.00. The largest absolute Gasteiger partial charge is 0.673 e. The first-order chi connectivity index (χ1) is 13.1. The maximum Gasteiger partial charge on any atom is 0.673 e. The van der Waals surface area contributed by atoms with E-state index in [9.17, 15) is 32.2 Å². The van der Waals surface area contributed by atoms with Gasteiger partial charge < -0.3 is 26.7 Å². The van der Waals surface area contributed by atoms with Crippen LogP contribution in [0.3, 0.4) is 0 Å². The second kappa shape index (κ2) is 11.2. The first-order valence-electron chi connectivity index (χ1n) is 7.70. The molecular formula is C16H16BF4NO5S. The molecule has 0 spiro atoms. The molecule has 0 fully saturated rings. The molecule has 0 radical (unpaired) electrons. The molecule has 2 rings (SSSR count). The maximum absolute atomic E-state index is 11.6. The number of halogens is 4. The van der Waals surface area contributed by atoms with Crippen molar-refractivity contribution in [2.24, 2.45) is 0 Å². The predicted octanol–water partition coefficient (Wildman–Crippen LogP) is 4.72. The lowest BCUT2D eigenvalue weighted by Gasteiger charge is -2.06. The van der Waals surface area contributed by atoms with Crippen LogP contribution in [0.4, 0.5) is 27.7 Å². The van der Waals surface area contributed by atoms with Crippen LogP contribution in [-0.2, 0) is 15.6 Å². The summed E-state index contributed by atoms with van der Waals surface area (Å²) in [6, 6.07) is 15.2. The third kappa shape index (κ3) is 10.4. The van der Waals surface area contributed by atoms with Crippen molar-refractivity contribution >= 4 is 30.0 Å². The normalized spacial score (nSPS) is 11.6. The van der Waals surface area contributed by atoms with Gasteiger partial charge in [0.05, 0.1) is 4.92 Å². The van der Waals surface area contributed by atoms with E-state index in [-0.39, 0.29) is 28.9 Å². The Morgan fingerprint density at radius 1 is 1.07 bits per heavy atom. The molecule has 28 heavy (non-hydrogen) atoms. The standard InChI is InChI=1S/C16H16NO5S.BF4/c1-23(15-5-3-2-4-6-15)12-11-21-16(18)22-14-9-7-13(8-10-14)17(19)20;2-1(3,4)5/h2-10H,11-12H2,1H3;/q+1;-1. The van der Waals surface area contributed by atoms with Gasteiger partial charge in [-0.2, -0.15) is 0 Å². The van der Waals surface area contributed by atoms with Gasteiger partial charge in [0.15, 0.2) is 4.90 Å². The fourth-order valence-corrected chi connectivity index (χ4v) is 2.97. The summed E-state index contributed by atoms with van der Waals surface area (Å²) >= 11 is 0. The number of nitro benzene ring substituents is 1. The first-order valence-corrected chi connectivity index (χ1v) is 9.50. The fourth-order valence-electron chi connectivity index (χ4n) is 1.78. The minimum Gasteiger partial charge on any atom is -0.429 e. The molecule has 12 heteroatoms. The van der Waals surface area contributed by atoms with Gasteiger partial charge in [0.25, 0.3) is 5.69 Å². The minimum absolute atomic E-state index is 0.0124. The summed E-state index contributed by atoms with van der Waals surface area (Å²) in [4.78, 5) is 22.8. The molecular weight excluding hydrogens is 405 g/mol. The Bertz CT molecular complexity index is 756. The monoisotopic (exact) mass is 421 g/mol. The number of benzene rings is 2. The molecule has 0 N–H and O–H groups in total. The van der Waals surface area contributed by atoms with Crippen molar-refractivity contribution < 1.29 is 36.5 Å². The Morgan fingerprint density at radius 2 is 1.61 bits per heavy atom. The van der Waals surface area contributed by atoms with Crippen LogP contribution < -0.4 is 4.74 Å². The van der Waals surface area contributed by atoms with Gasteiger partial charge in [-0.05, 0) is 24.3 Å². The summed E-state index contributed by atoms with van der Waals surface area (Å²) in [7, 11) is -6.01. The van der Waals surface area contributed by atoms with Crippen molar-refractivity contribution in [2.45, 2.75) is 4.90 Å². The Kier molecular flexibility index (Phi) is 9.29. The van der Waals surface area contributed by atoms with Gasteiger partial charge in [-0.3, -0.25) is 10.1 Å². The molecule has 2 aromatic rings. The summed E-state index contributed by atoms with van der Waals surface area (Å²) in [6.07, 6.45) is 1.27. The zero-order valence-electron chi connectivity index (χ0n) is 14.6. The molecule has 2 aromatic carbocycles. The SMILES string of the molecule is C[S+](CCOC(=O)Oc1ccc([N+](=O)[O-])cc1)c1ccccc1.F[B-](F)(F)F. The van der Waals surface area contributed by atoms with E-state index in [1.807, 2.05) is 30.3 Å². The lowest BCUT2D eigenvalue weighted by atomic mass is 10.3. The summed E-state index contributed by atoms with van der Waals surface area (Å²) in [5, 5.41) is 10.5. The van der Waals surface area contributed by atoms with Crippen molar-refractivity contribution in [1.82, 2.24) is 0 Å².